The zero-order chi connectivity index (χ0) is 12.4. The maximum Gasteiger partial charge on any atom is 0.239 e. The summed E-state index contributed by atoms with van der Waals surface area (Å²) in [5.41, 5.74) is 2.63. The van der Waals surface area contributed by atoms with Crippen LogP contribution in [0.15, 0.2) is 18.2 Å². The van der Waals surface area contributed by atoms with Gasteiger partial charge in [-0.3, -0.25) is 9.59 Å². The van der Waals surface area contributed by atoms with Crippen LogP contribution in [0.2, 0.25) is 0 Å². The second-order valence-corrected chi connectivity index (χ2v) is 4.17. The molecule has 2 rings (SSSR count). The lowest BCUT2D eigenvalue weighted by Crippen LogP contribution is -2.25. The van der Waals surface area contributed by atoms with E-state index in [1.807, 2.05) is 18.2 Å². The van der Waals surface area contributed by atoms with Crippen molar-refractivity contribution in [2.45, 2.75) is 13.3 Å². The average molecular weight is 253 g/mol. The first-order chi connectivity index (χ1) is 8.13. The molecule has 0 spiro atoms. The first-order valence-corrected chi connectivity index (χ1v) is 5.92. The first-order valence-electron chi connectivity index (χ1n) is 5.39. The fraction of sp³-hybridized carbons (Fsp3) is 0.333. The van der Waals surface area contributed by atoms with Gasteiger partial charge in [-0.05, 0) is 18.6 Å². The molecule has 1 heterocycles. The molecular weight excluding hydrogens is 240 g/mol. The van der Waals surface area contributed by atoms with Crippen LogP contribution in [-0.4, -0.2) is 24.2 Å². The number of amides is 2. The van der Waals surface area contributed by atoms with Gasteiger partial charge in [-0.15, -0.1) is 11.6 Å². The van der Waals surface area contributed by atoms with Crippen LogP contribution < -0.4 is 10.2 Å². The molecular formula is C12H13ClN2O2. The second-order valence-electron chi connectivity index (χ2n) is 3.91. The fourth-order valence-electron chi connectivity index (χ4n) is 2.06. The van der Waals surface area contributed by atoms with Gasteiger partial charge in [-0.2, -0.15) is 0 Å². The van der Waals surface area contributed by atoms with E-state index < -0.39 is 0 Å². The van der Waals surface area contributed by atoms with Crippen molar-refractivity contribution in [3.8, 4) is 0 Å². The Morgan fingerprint density at radius 2 is 2.24 bits per heavy atom. The van der Waals surface area contributed by atoms with Crippen LogP contribution in [0.25, 0.3) is 0 Å². The minimum atomic E-state index is -0.235. The molecule has 2 amide bonds. The molecule has 0 saturated heterocycles. The summed E-state index contributed by atoms with van der Waals surface area (Å²) >= 11 is 5.46. The van der Waals surface area contributed by atoms with Gasteiger partial charge in [0.05, 0.1) is 0 Å². The molecule has 0 aromatic heterocycles. The molecule has 90 valence electrons. The van der Waals surface area contributed by atoms with Gasteiger partial charge in [0.1, 0.15) is 5.88 Å². The zero-order valence-corrected chi connectivity index (χ0v) is 10.3. The minimum absolute atomic E-state index is 0.0181. The summed E-state index contributed by atoms with van der Waals surface area (Å²) in [5, 5.41) is 2.74. The van der Waals surface area contributed by atoms with Crippen LogP contribution in [0.1, 0.15) is 12.5 Å². The van der Waals surface area contributed by atoms with Gasteiger partial charge in [0.2, 0.25) is 11.8 Å². The third kappa shape index (κ3) is 2.26. The maximum atomic E-state index is 11.4. The van der Waals surface area contributed by atoms with E-state index in [9.17, 15) is 9.59 Å². The summed E-state index contributed by atoms with van der Waals surface area (Å²) < 4.78 is 0. The number of anilines is 2. The van der Waals surface area contributed by atoms with Gasteiger partial charge < -0.3 is 10.2 Å². The molecule has 0 fully saturated rings. The van der Waals surface area contributed by atoms with E-state index in [0.29, 0.717) is 6.54 Å². The van der Waals surface area contributed by atoms with Crippen molar-refractivity contribution in [2.75, 3.05) is 22.6 Å². The van der Waals surface area contributed by atoms with E-state index in [0.717, 1.165) is 23.4 Å². The number of hydrogen-bond acceptors (Lipinski definition) is 2. The summed E-state index contributed by atoms with van der Waals surface area (Å²) in [5.74, 6) is -0.286. The Balaban J connectivity index is 2.33. The molecule has 0 atom stereocenters. The molecule has 5 heteroatoms. The number of carbonyl (C=O) groups is 2. The molecule has 0 unspecified atom stereocenters. The van der Waals surface area contributed by atoms with Crippen molar-refractivity contribution >= 4 is 34.8 Å². The van der Waals surface area contributed by atoms with Crippen LogP contribution in [0.3, 0.4) is 0 Å². The minimum Gasteiger partial charge on any atom is -0.325 e. The van der Waals surface area contributed by atoms with Gasteiger partial charge in [0, 0.05) is 30.4 Å². The van der Waals surface area contributed by atoms with Gasteiger partial charge in [0.25, 0.3) is 0 Å². The molecule has 0 radical (unpaired) electrons. The molecule has 1 aromatic carbocycles. The number of alkyl halides is 1. The predicted molar refractivity (Wildman–Crippen MR) is 67.5 cm³/mol. The Morgan fingerprint density at radius 1 is 1.47 bits per heavy atom. The van der Waals surface area contributed by atoms with E-state index in [-0.39, 0.29) is 17.7 Å². The highest BCUT2D eigenvalue weighted by atomic mass is 35.5. The quantitative estimate of drug-likeness (QED) is 0.816. The van der Waals surface area contributed by atoms with E-state index in [2.05, 4.69) is 5.32 Å². The van der Waals surface area contributed by atoms with Crippen molar-refractivity contribution in [3.63, 3.8) is 0 Å². The van der Waals surface area contributed by atoms with Crippen molar-refractivity contribution in [1.29, 1.82) is 0 Å². The van der Waals surface area contributed by atoms with Crippen LogP contribution in [0.5, 0.6) is 0 Å². The van der Waals surface area contributed by atoms with Crippen molar-refractivity contribution < 1.29 is 9.59 Å². The monoisotopic (exact) mass is 252 g/mol. The third-order valence-corrected chi connectivity index (χ3v) is 3.05. The highest BCUT2D eigenvalue weighted by Gasteiger charge is 2.24. The van der Waals surface area contributed by atoms with Crippen LogP contribution in [0.4, 0.5) is 11.4 Å². The van der Waals surface area contributed by atoms with E-state index in [4.69, 9.17) is 11.6 Å². The molecule has 17 heavy (non-hydrogen) atoms. The van der Waals surface area contributed by atoms with Crippen LogP contribution >= 0.6 is 11.6 Å². The van der Waals surface area contributed by atoms with Gasteiger partial charge in [-0.25, -0.2) is 0 Å². The average Bonchev–Trinajstić information content (AvgIpc) is 2.73. The molecule has 1 N–H and O–H groups in total. The van der Waals surface area contributed by atoms with E-state index in [1.54, 1.807) is 11.8 Å². The Bertz CT molecular complexity index is 474. The van der Waals surface area contributed by atoms with E-state index in [1.165, 1.54) is 0 Å². The van der Waals surface area contributed by atoms with Crippen molar-refractivity contribution in [3.05, 3.63) is 23.8 Å². The maximum absolute atomic E-state index is 11.4. The van der Waals surface area contributed by atoms with Gasteiger partial charge in [-0.1, -0.05) is 6.07 Å². The molecule has 1 aliphatic heterocycles. The molecule has 0 bridgehead atoms. The van der Waals surface area contributed by atoms with Gasteiger partial charge >= 0.3 is 0 Å². The number of nitrogens with one attached hydrogen (secondary N) is 1. The Labute approximate surface area is 105 Å². The highest BCUT2D eigenvalue weighted by molar-refractivity contribution is 6.29. The molecule has 0 saturated carbocycles. The number of halogens is 1. The van der Waals surface area contributed by atoms with Crippen molar-refractivity contribution in [1.82, 2.24) is 0 Å². The smallest absolute Gasteiger partial charge is 0.239 e. The first kappa shape index (κ1) is 11.9. The van der Waals surface area contributed by atoms with Gasteiger partial charge in [0.15, 0.2) is 0 Å². The standard InChI is InChI=1S/C12H13ClN2O2/c1-8(16)15-6-5-9-10(14-12(17)7-13)3-2-4-11(9)15/h2-4H,5-7H2,1H3,(H,14,17). The molecule has 4 nitrogen and oxygen atoms in total. The summed E-state index contributed by atoms with van der Waals surface area (Å²) in [6, 6.07) is 5.54. The topological polar surface area (TPSA) is 49.4 Å². The summed E-state index contributed by atoms with van der Waals surface area (Å²) in [6.45, 7) is 2.21. The number of hydrogen-bond donors (Lipinski definition) is 1. The number of benzene rings is 1. The fourth-order valence-corrected chi connectivity index (χ4v) is 2.13. The predicted octanol–water partition coefficient (Wildman–Crippen LogP) is 1.77. The lowest BCUT2D eigenvalue weighted by molar-refractivity contribution is -0.116. The van der Waals surface area contributed by atoms with Crippen LogP contribution in [0, 0.1) is 0 Å². The van der Waals surface area contributed by atoms with Crippen molar-refractivity contribution in [2.24, 2.45) is 0 Å². The SMILES string of the molecule is CC(=O)N1CCc2c(NC(=O)CCl)cccc21. The lowest BCUT2D eigenvalue weighted by Gasteiger charge is -2.15. The number of carbonyl (C=O) groups excluding carboxylic acids is 2. The molecule has 1 aromatic rings. The largest absolute Gasteiger partial charge is 0.325 e. The Kier molecular flexibility index (Phi) is 3.33. The lowest BCUT2D eigenvalue weighted by atomic mass is 10.1. The highest BCUT2D eigenvalue weighted by Crippen LogP contribution is 2.33. The number of nitrogens with zero attached hydrogens (tertiary/aromatic N) is 1. The Morgan fingerprint density at radius 3 is 2.88 bits per heavy atom. The molecule has 0 aliphatic carbocycles. The van der Waals surface area contributed by atoms with Crippen LogP contribution in [-0.2, 0) is 16.0 Å². The second kappa shape index (κ2) is 4.75. The normalized spacial score (nSPS) is 13.4. The zero-order valence-electron chi connectivity index (χ0n) is 9.50. The third-order valence-electron chi connectivity index (χ3n) is 2.80. The number of fused-ring (bicyclic) bond motifs is 1. The summed E-state index contributed by atoms with van der Waals surface area (Å²) in [7, 11) is 0. The molecule has 1 aliphatic rings. The summed E-state index contributed by atoms with van der Waals surface area (Å²) in [4.78, 5) is 24.4. The van der Waals surface area contributed by atoms with E-state index >= 15 is 0 Å². The Hall–Kier alpha value is -1.55. The summed E-state index contributed by atoms with van der Waals surface area (Å²) in [6.07, 6.45) is 0.758. The number of rotatable bonds is 2.